The maximum absolute atomic E-state index is 13.2. The number of aromatic nitrogens is 3. The number of piperidine rings is 1. The number of nitrogens with zero attached hydrogens (tertiary/aromatic N) is 4. The fraction of sp³-hybridized carbons (Fsp3) is 0.391. The van der Waals surface area contributed by atoms with Crippen LogP contribution in [0.1, 0.15) is 19.3 Å². The van der Waals surface area contributed by atoms with Gasteiger partial charge >= 0.3 is 5.69 Å². The Hall–Kier alpha value is -3.60. The van der Waals surface area contributed by atoms with Gasteiger partial charge in [-0.3, -0.25) is 18.7 Å². The van der Waals surface area contributed by atoms with Gasteiger partial charge in [0.25, 0.3) is 5.56 Å². The predicted octanol–water partition coefficient (Wildman–Crippen LogP) is 2.21. The highest BCUT2D eigenvalue weighted by molar-refractivity contribution is 7.22. The van der Waals surface area contributed by atoms with E-state index in [-0.39, 0.29) is 18.7 Å². The van der Waals surface area contributed by atoms with Crippen LogP contribution < -0.4 is 30.9 Å². The Labute approximate surface area is 199 Å². The highest BCUT2D eigenvalue weighted by Crippen LogP contribution is 2.32. The monoisotopic (exact) mass is 483 g/mol. The number of hydrogen-bond donors (Lipinski definition) is 1. The Kier molecular flexibility index (Phi) is 6.10. The first-order chi connectivity index (χ1) is 16.5. The standard InChI is InChI=1S/C23H25N5O5S/c1-2-8-27-21(30)19-20(25-22(34-19)26-9-4-3-5-10-26)28(23(27)31)14-18(29)24-15-6-7-16-17(13-15)33-12-11-32-16/h2,6-7,13H,1,3-5,8-12,14H2,(H,24,29). The van der Waals surface area contributed by atoms with Crippen LogP contribution in [0.5, 0.6) is 11.5 Å². The minimum atomic E-state index is -0.592. The molecular weight excluding hydrogens is 458 g/mol. The molecule has 1 aromatic carbocycles. The summed E-state index contributed by atoms with van der Waals surface area (Å²) in [5.41, 5.74) is -0.252. The molecular formula is C23H25N5O5S. The number of carbonyl (C=O) groups is 1. The molecule has 0 atom stereocenters. The lowest BCUT2D eigenvalue weighted by atomic mass is 10.1. The van der Waals surface area contributed by atoms with Crippen LogP contribution in [0.3, 0.4) is 0 Å². The van der Waals surface area contributed by atoms with Crippen LogP contribution in [0.4, 0.5) is 10.8 Å². The molecule has 10 nitrogen and oxygen atoms in total. The molecule has 3 aromatic rings. The van der Waals surface area contributed by atoms with Gasteiger partial charge in [0.1, 0.15) is 24.5 Å². The summed E-state index contributed by atoms with van der Waals surface area (Å²) in [6, 6.07) is 5.12. The molecule has 0 unspecified atom stereocenters. The molecule has 0 bridgehead atoms. The molecule has 2 aromatic heterocycles. The van der Waals surface area contributed by atoms with Gasteiger partial charge in [-0.25, -0.2) is 9.78 Å². The van der Waals surface area contributed by atoms with Crippen molar-refractivity contribution >= 4 is 38.4 Å². The minimum absolute atomic E-state index is 0.0499. The zero-order valence-corrected chi connectivity index (χ0v) is 19.4. The van der Waals surface area contributed by atoms with E-state index in [0.29, 0.717) is 40.2 Å². The number of nitrogens with one attached hydrogen (secondary N) is 1. The van der Waals surface area contributed by atoms with Crippen LogP contribution in [0.2, 0.25) is 0 Å². The van der Waals surface area contributed by atoms with E-state index in [9.17, 15) is 14.4 Å². The molecule has 0 aliphatic carbocycles. The van der Waals surface area contributed by atoms with Crippen LogP contribution >= 0.6 is 11.3 Å². The van der Waals surface area contributed by atoms with Crippen LogP contribution in [0, 0.1) is 0 Å². The fourth-order valence-electron chi connectivity index (χ4n) is 4.19. The van der Waals surface area contributed by atoms with E-state index in [0.717, 1.165) is 36.9 Å². The van der Waals surface area contributed by atoms with Crippen molar-refractivity contribution in [1.82, 2.24) is 14.1 Å². The number of rotatable bonds is 6. The molecule has 5 rings (SSSR count). The number of fused-ring (bicyclic) bond motifs is 2. The van der Waals surface area contributed by atoms with Gasteiger partial charge in [-0.05, 0) is 31.4 Å². The van der Waals surface area contributed by atoms with Gasteiger partial charge < -0.3 is 19.7 Å². The summed E-state index contributed by atoms with van der Waals surface area (Å²) in [7, 11) is 0. The molecule has 1 saturated heterocycles. The molecule has 1 amide bonds. The van der Waals surface area contributed by atoms with Crippen molar-refractivity contribution in [2.24, 2.45) is 0 Å². The fourth-order valence-corrected chi connectivity index (χ4v) is 5.26. The Morgan fingerprint density at radius 3 is 2.65 bits per heavy atom. The van der Waals surface area contributed by atoms with Crippen LogP contribution in [0.25, 0.3) is 10.3 Å². The molecule has 34 heavy (non-hydrogen) atoms. The Balaban J connectivity index is 1.49. The number of amides is 1. The van der Waals surface area contributed by atoms with E-state index >= 15 is 0 Å². The maximum Gasteiger partial charge on any atom is 0.333 e. The van der Waals surface area contributed by atoms with Crippen molar-refractivity contribution in [3.05, 3.63) is 51.7 Å². The average Bonchev–Trinajstić information content (AvgIpc) is 3.31. The summed E-state index contributed by atoms with van der Waals surface area (Å²) in [6.45, 7) is 6.04. The second-order valence-electron chi connectivity index (χ2n) is 8.18. The number of carbonyl (C=O) groups excluding carboxylic acids is 1. The first-order valence-electron chi connectivity index (χ1n) is 11.2. The Morgan fingerprint density at radius 1 is 1.12 bits per heavy atom. The average molecular weight is 484 g/mol. The minimum Gasteiger partial charge on any atom is -0.486 e. The van der Waals surface area contributed by atoms with E-state index in [2.05, 4.69) is 21.8 Å². The second kappa shape index (κ2) is 9.34. The SMILES string of the molecule is C=CCn1c(=O)c2sc(N3CCCCC3)nc2n(CC(=O)Nc2ccc3c(c2)OCCO3)c1=O. The summed E-state index contributed by atoms with van der Waals surface area (Å²) in [5, 5.41) is 3.49. The number of hydrogen-bond acceptors (Lipinski definition) is 8. The third-order valence-corrected chi connectivity index (χ3v) is 6.91. The van der Waals surface area contributed by atoms with Crippen molar-refractivity contribution in [3.63, 3.8) is 0 Å². The highest BCUT2D eigenvalue weighted by Gasteiger charge is 2.22. The number of allylic oxidation sites excluding steroid dienone is 1. The van der Waals surface area contributed by atoms with E-state index in [1.807, 2.05) is 0 Å². The lowest BCUT2D eigenvalue weighted by Crippen LogP contribution is -2.41. The number of anilines is 2. The number of benzene rings is 1. The van der Waals surface area contributed by atoms with Crippen molar-refractivity contribution in [2.75, 3.05) is 36.5 Å². The maximum atomic E-state index is 13.2. The zero-order valence-electron chi connectivity index (χ0n) is 18.6. The molecule has 0 saturated carbocycles. The summed E-state index contributed by atoms with van der Waals surface area (Å²) >= 11 is 1.27. The lowest BCUT2D eigenvalue weighted by Gasteiger charge is -2.25. The largest absolute Gasteiger partial charge is 0.486 e. The molecule has 4 heterocycles. The smallest absolute Gasteiger partial charge is 0.333 e. The molecule has 2 aliphatic rings. The molecule has 0 radical (unpaired) electrons. The van der Waals surface area contributed by atoms with Crippen molar-refractivity contribution < 1.29 is 14.3 Å². The van der Waals surface area contributed by atoms with Gasteiger partial charge in [-0.2, -0.15) is 0 Å². The predicted molar refractivity (Wildman–Crippen MR) is 130 cm³/mol. The summed E-state index contributed by atoms with van der Waals surface area (Å²) in [5.74, 6) is 0.747. The summed E-state index contributed by atoms with van der Waals surface area (Å²) in [6.07, 6.45) is 4.77. The van der Waals surface area contributed by atoms with Gasteiger partial charge in [0.2, 0.25) is 5.91 Å². The normalized spacial score (nSPS) is 15.4. The first-order valence-corrected chi connectivity index (χ1v) is 12.1. The third-order valence-electron chi connectivity index (χ3n) is 5.82. The van der Waals surface area contributed by atoms with Crippen molar-refractivity contribution in [3.8, 4) is 11.5 Å². The van der Waals surface area contributed by atoms with Crippen molar-refractivity contribution in [2.45, 2.75) is 32.4 Å². The zero-order chi connectivity index (χ0) is 23.7. The lowest BCUT2D eigenvalue weighted by molar-refractivity contribution is -0.116. The van der Waals surface area contributed by atoms with Crippen LogP contribution in [-0.2, 0) is 17.9 Å². The molecule has 0 spiro atoms. The quantitative estimate of drug-likeness (QED) is 0.536. The molecule has 2 aliphatic heterocycles. The summed E-state index contributed by atoms with van der Waals surface area (Å²) in [4.78, 5) is 45.9. The van der Waals surface area contributed by atoms with Gasteiger partial charge in [0.15, 0.2) is 22.3 Å². The second-order valence-corrected chi connectivity index (χ2v) is 9.15. The van der Waals surface area contributed by atoms with E-state index < -0.39 is 17.2 Å². The van der Waals surface area contributed by atoms with Gasteiger partial charge in [-0.15, -0.1) is 6.58 Å². The molecule has 1 fully saturated rings. The summed E-state index contributed by atoms with van der Waals surface area (Å²) < 4.78 is 13.8. The van der Waals surface area contributed by atoms with Gasteiger partial charge in [-0.1, -0.05) is 17.4 Å². The molecule has 1 N–H and O–H groups in total. The Bertz CT molecular complexity index is 1370. The highest BCUT2D eigenvalue weighted by atomic mass is 32.1. The Morgan fingerprint density at radius 2 is 1.88 bits per heavy atom. The van der Waals surface area contributed by atoms with Gasteiger partial charge in [0.05, 0.1) is 0 Å². The number of thiazole rings is 1. The van der Waals surface area contributed by atoms with Crippen LogP contribution in [0.15, 0.2) is 40.4 Å². The van der Waals surface area contributed by atoms with E-state index in [1.165, 1.54) is 22.0 Å². The van der Waals surface area contributed by atoms with E-state index in [1.54, 1.807) is 18.2 Å². The van der Waals surface area contributed by atoms with Crippen LogP contribution in [-0.4, -0.2) is 46.3 Å². The third kappa shape index (κ3) is 4.18. The molecule has 11 heteroatoms. The first kappa shape index (κ1) is 22.2. The topological polar surface area (TPSA) is 108 Å². The number of ether oxygens (including phenoxy) is 2. The molecule has 178 valence electrons. The van der Waals surface area contributed by atoms with Gasteiger partial charge in [0, 0.05) is 31.4 Å². The van der Waals surface area contributed by atoms with Crippen molar-refractivity contribution in [1.29, 1.82) is 0 Å². The van der Waals surface area contributed by atoms with E-state index in [4.69, 9.17) is 9.47 Å².